The van der Waals surface area contributed by atoms with Gasteiger partial charge in [-0.25, -0.2) is 4.98 Å². The third-order valence-corrected chi connectivity index (χ3v) is 3.20. The number of aromatic nitrogens is 2. The molecule has 0 aliphatic heterocycles. The van der Waals surface area contributed by atoms with E-state index >= 15 is 0 Å². The smallest absolute Gasteiger partial charge is 0.329 e. The van der Waals surface area contributed by atoms with Crippen molar-refractivity contribution in [1.29, 1.82) is 0 Å². The third-order valence-electron chi connectivity index (χ3n) is 3.20. The fourth-order valence-corrected chi connectivity index (χ4v) is 2.20. The van der Waals surface area contributed by atoms with E-state index in [0.717, 1.165) is 38.6 Å². The molecule has 1 aliphatic rings. The molecular weight excluding hydrogens is 246 g/mol. The highest BCUT2D eigenvalue weighted by Gasteiger charge is 2.22. The molecule has 7 heteroatoms. The fraction of sp³-hybridized carbons (Fsp3) is 0.667. The topological polar surface area (TPSA) is 93.0 Å². The van der Waals surface area contributed by atoms with Gasteiger partial charge in [-0.1, -0.05) is 19.8 Å². The van der Waals surface area contributed by atoms with Crippen molar-refractivity contribution in [2.45, 2.75) is 45.1 Å². The largest absolute Gasteiger partial charge is 0.361 e. The van der Waals surface area contributed by atoms with Crippen molar-refractivity contribution in [3.63, 3.8) is 0 Å². The normalized spacial score (nSPS) is 15.4. The molecule has 1 heterocycles. The van der Waals surface area contributed by atoms with Crippen molar-refractivity contribution in [1.82, 2.24) is 9.97 Å². The van der Waals surface area contributed by atoms with Gasteiger partial charge in [0.25, 0.3) is 0 Å². The van der Waals surface area contributed by atoms with E-state index in [9.17, 15) is 10.1 Å². The van der Waals surface area contributed by atoms with Gasteiger partial charge in [-0.05, 0) is 19.3 Å². The molecule has 1 saturated carbocycles. The summed E-state index contributed by atoms with van der Waals surface area (Å²) < 4.78 is 0. The lowest BCUT2D eigenvalue weighted by Crippen LogP contribution is -2.18. The van der Waals surface area contributed by atoms with Gasteiger partial charge in [0.1, 0.15) is 6.20 Å². The van der Waals surface area contributed by atoms with E-state index in [1.807, 2.05) is 6.92 Å². The van der Waals surface area contributed by atoms with Gasteiger partial charge in [0, 0.05) is 12.6 Å². The van der Waals surface area contributed by atoms with Crippen LogP contribution in [0.25, 0.3) is 0 Å². The molecule has 2 rings (SSSR count). The first-order chi connectivity index (χ1) is 9.20. The highest BCUT2D eigenvalue weighted by Crippen LogP contribution is 2.27. The van der Waals surface area contributed by atoms with E-state index in [1.165, 1.54) is 6.20 Å². The van der Waals surface area contributed by atoms with Crippen LogP contribution < -0.4 is 10.6 Å². The lowest BCUT2D eigenvalue weighted by Gasteiger charge is -2.13. The molecule has 7 nitrogen and oxygen atoms in total. The summed E-state index contributed by atoms with van der Waals surface area (Å²) in [6.07, 6.45) is 6.63. The molecule has 1 aliphatic carbocycles. The predicted octanol–water partition coefficient (Wildman–Crippen LogP) is 2.56. The lowest BCUT2D eigenvalue weighted by atomic mass is 10.2. The van der Waals surface area contributed by atoms with Gasteiger partial charge in [0.05, 0.1) is 4.92 Å². The second-order valence-corrected chi connectivity index (χ2v) is 4.74. The minimum absolute atomic E-state index is 0.0612. The molecule has 1 aromatic heterocycles. The zero-order chi connectivity index (χ0) is 13.7. The number of nitrogens with zero attached hydrogens (tertiary/aromatic N) is 3. The molecule has 0 radical (unpaired) electrons. The summed E-state index contributed by atoms with van der Waals surface area (Å²) >= 11 is 0. The van der Waals surface area contributed by atoms with E-state index < -0.39 is 4.92 Å². The molecule has 0 spiro atoms. The maximum Gasteiger partial charge on any atom is 0.329 e. The second-order valence-electron chi connectivity index (χ2n) is 4.74. The van der Waals surface area contributed by atoms with Crippen molar-refractivity contribution < 1.29 is 4.92 Å². The maximum absolute atomic E-state index is 11.0. The van der Waals surface area contributed by atoms with E-state index in [1.54, 1.807) is 0 Å². The average Bonchev–Trinajstić information content (AvgIpc) is 2.89. The zero-order valence-corrected chi connectivity index (χ0v) is 11.1. The molecule has 104 valence electrons. The Hall–Kier alpha value is -1.92. The molecule has 0 aromatic carbocycles. The molecule has 1 aromatic rings. The van der Waals surface area contributed by atoms with E-state index in [0.29, 0.717) is 11.8 Å². The fourth-order valence-electron chi connectivity index (χ4n) is 2.20. The van der Waals surface area contributed by atoms with Crippen molar-refractivity contribution >= 4 is 17.5 Å². The van der Waals surface area contributed by atoms with Gasteiger partial charge in [-0.15, -0.1) is 0 Å². The minimum atomic E-state index is -0.444. The molecule has 1 fully saturated rings. The summed E-state index contributed by atoms with van der Waals surface area (Å²) in [6.45, 7) is 2.79. The SMILES string of the molecule is CCCNc1ncc([N+](=O)[O-])c(NC2CCCC2)n1. The van der Waals surface area contributed by atoms with Crippen LogP contribution in [-0.2, 0) is 0 Å². The summed E-state index contributed by atoms with van der Waals surface area (Å²) in [7, 11) is 0. The van der Waals surface area contributed by atoms with Gasteiger partial charge in [0.15, 0.2) is 0 Å². The monoisotopic (exact) mass is 265 g/mol. The summed E-state index contributed by atoms with van der Waals surface area (Å²) in [5.41, 5.74) is -0.0612. The molecule has 0 bridgehead atoms. The molecule has 2 N–H and O–H groups in total. The zero-order valence-electron chi connectivity index (χ0n) is 11.1. The second kappa shape index (κ2) is 6.31. The minimum Gasteiger partial charge on any atom is -0.361 e. The molecule has 19 heavy (non-hydrogen) atoms. The number of hydrogen-bond acceptors (Lipinski definition) is 6. The lowest BCUT2D eigenvalue weighted by molar-refractivity contribution is -0.384. The Morgan fingerprint density at radius 2 is 2.21 bits per heavy atom. The van der Waals surface area contributed by atoms with Crippen molar-refractivity contribution in [3.05, 3.63) is 16.3 Å². The first-order valence-corrected chi connectivity index (χ1v) is 6.72. The van der Waals surface area contributed by atoms with Crippen LogP contribution in [0.1, 0.15) is 39.0 Å². The highest BCUT2D eigenvalue weighted by atomic mass is 16.6. The molecule has 0 unspecified atom stereocenters. The molecule has 0 amide bonds. The van der Waals surface area contributed by atoms with E-state index in [4.69, 9.17) is 0 Å². The van der Waals surface area contributed by atoms with Crippen LogP contribution in [-0.4, -0.2) is 27.5 Å². The quantitative estimate of drug-likeness (QED) is 0.606. The van der Waals surface area contributed by atoms with Crippen LogP contribution in [0.3, 0.4) is 0 Å². The van der Waals surface area contributed by atoms with Crippen LogP contribution in [0.15, 0.2) is 6.20 Å². The van der Waals surface area contributed by atoms with E-state index in [2.05, 4.69) is 20.6 Å². The summed E-state index contributed by atoms with van der Waals surface area (Å²) in [5.74, 6) is 0.762. The van der Waals surface area contributed by atoms with Gasteiger partial charge in [0.2, 0.25) is 11.8 Å². The Labute approximate surface area is 112 Å². The van der Waals surface area contributed by atoms with Crippen LogP contribution in [0.2, 0.25) is 0 Å². The van der Waals surface area contributed by atoms with Crippen molar-refractivity contribution in [2.24, 2.45) is 0 Å². The number of rotatable bonds is 6. The summed E-state index contributed by atoms with van der Waals surface area (Å²) in [4.78, 5) is 18.7. The molecule has 0 saturated heterocycles. The first-order valence-electron chi connectivity index (χ1n) is 6.72. The Kier molecular flexibility index (Phi) is 4.48. The predicted molar refractivity (Wildman–Crippen MR) is 73.3 cm³/mol. The van der Waals surface area contributed by atoms with Crippen LogP contribution in [0, 0.1) is 10.1 Å². The Morgan fingerprint density at radius 3 is 2.84 bits per heavy atom. The number of hydrogen-bond donors (Lipinski definition) is 2. The summed E-state index contributed by atoms with van der Waals surface area (Å²) in [5, 5.41) is 17.2. The first kappa shape index (κ1) is 13.5. The number of nitro groups is 1. The number of nitrogens with one attached hydrogen (secondary N) is 2. The van der Waals surface area contributed by atoms with Gasteiger partial charge in [-0.3, -0.25) is 10.1 Å². The average molecular weight is 265 g/mol. The Balaban J connectivity index is 2.17. The third kappa shape index (κ3) is 3.52. The van der Waals surface area contributed by atoms with Crippen LogP contribution in [0.4, 0.5) is 17.5 Å². The molecular formula is C12H19N5O2. The Bertz CT molecular complexity index is 446. The van der Waals surface area contributed by atoms with Crippen LogP contribution in [0.5, 0.6) is 0 Å². The highest BCUT2D eigenvalue weighted by molar-refractivity contribution is 5.57. The molecule has 0 atom stereocenters. The standard InChI is InChI=1S/C12H19N5O2/c1-2-7-13-12-14-8-10(17(18)19)11(16-12)15-9-5-3-4-6-9/h8-9H,2-7H2,1H3,(H2,13,14,15,16). The van der Waals surface area contributed by atoms with Gasteiger partial charge >= 0.3 is 5.69 Å². The number of anilines is 2. The summed E-state index contributed by atoms with van der Waals surface area (Å²) in [6, 6.07) is 0.285. The van der Waals surface area contributed by atoms with Crippen molar-refractivity contribution in [2.75, 3.05) is 17.2 Å². The maximum atomic E-state index is 11.0. The van der Waals surface area contributed by atoms with Crippen LogP contribution >= 0.6 is 0 Å². The van der Waals surface area contributed by atoms with Gasteiger partial charge in [-0.2, -0.15) is 4.98 Å². The van der Waals surface area contributed by atoms with Gasteiger partial charge < -0.3 is 10.6 Å². The Morgan fingerprint density at radius 1 is 1.47 bits per heavy atom. The van der Waals surface area contributed by atoms with Crippen molar-refractivity contribution in [3.8, 4) is 0 Å². The van der Waals surface area contributed by atoms with E-state index in [-0.39, 0.29) is 11.7 Å².